The zero-order valence-electron chi connectivity index (χ0n) is 10.9. The van der Waals surface area contributed by atoms with Gasteiger partial charge in [0.05, 0.1) is 15.5 Å². The van der Waals surface area contributed by atoms with E-state index in [9.17, 15) is 9.18 Å². The molecule has 7 heteroatoms. The first kappa shape index (κ1) is 13.4. The van der Waals surface area contributed by atoms with Crippen LogP contribution in [0.4, 0.5) is 10.3 Å². The van der Waals surface area contributed by atoms with Crippen molar-refractivity contribution in [3.63, 3.8) is 0 Å². The van der Waals surface area contributed by atoms with Gasteiger partial charge in [0, 0.05) is 12.1 Å². The number of nitrogens with two attached hydrogens (primary N) is 1. The maximum absolute atomic E-state index is 13.7. The molecular weight excluding hydrogens is 327 g/mol. The summed E-state index contributed by atoms with van der Waals surface area (Å²) >= 11 is 3.11. The molecule has 1 aliphatic carbocycles. The summed E-state index contributed by atoms with van der Waals surface area (Å²) in [7, 11) is 0. The smallest absolute Gasteiger partial charge is 0.243 e. The van der Waals surface area contributed by atoms with Gasteiger partial charge in [0.2, 0.25) is 11.9 Å². The van der Waals surface area contributed by atoms with Crippen LogP contribution in [0.3, 0.4) is 0 Å². The third kappa shape index (κ3) is 2.26. The van der Waals surface area contributed by atoms with Gasteiger partial charge in [0.15, 0.2) is 0 Å². The summed E-state index contributed by atoms with van der Waals surface area (Å²) in [6, 6.07) is 2.64. The number of rotatable bonds is 3. The Morgan fingerprint density at radius 3 is 2.95 bits per heavy atom. The molecule has 1 heterocycles. The molecule has 3 rings (SSSR count). The van der Waals surface area contributed by atoms with E-state index < -0.39 is 11.9 Å². The van der Waals surface area contributed by atoms with E-state index in [0.29, 0.717) is 15.5 Å². The summed E-state index contributed by atoms with van der Waals surface area (Å²) < 4.78 is 15.6. The number of carbonyl (C=O) groups is 1. The van der Waals surface area contributed by atoms with E-state index >= 15 is 0 Å². The fourth-order valence-corrected chi connectivity index (χ4v) is 2.51. The van der Waals surface area contributed by atoms with Crippen LogP contribution in [-0.2, 0) is 4.79 Å². The third-order valence-corrected chi connectivity index (χ3v) is 4.06. The Morgan fingerprint density at radius 2 is 2.30 bits per heavy atom. The van der Waals surface area contributed by atoms with Crippen molar-refractivity contribution in [3.05, 3.63) is 22.4 Å². The topological polar surface area (TPSA) is 72.9 Å². The monoisotopic (exact) mass is 340 g/mol. The SMILES string of the molecule is CC(C(=O)NC1CC1)n1c(N)nc2cc(Br)c(F)cc21. The van der Waals surface area contributed by atoms with Gasteiger partial charge in [0.1, 0.15) is 11.9 Å². The molecule has 20 heavy (non-hydrogen) atoms. The number of hydrogen-bond acceptors (Lipinski definition) is 3. The minimum atomic E-state index is -0.527. The molecule has 1 aromatic carbocycles. The number of fused-ring (bicyclic) bond motifs is 1. The Kier molecular flexibility index (Phi) is 3.16. The van der Waals surface area contributed by atoms with E-state index in [0.717, 1.165) is 12.8 Å². The summed E-state index contributed by atoms with van der Waals surface area (Å²) in [5.74, 6) is -0.328. The Hall–Kier alpha value is -1.63. The number of aromatic nitrogens is 2. The number of imidazole rings is 1. The number of hydrogen-bond donors (Lipinski definition) is 2. The lowest BCUT2D eigenvalue weighted by molar-refractivity contribution is -0.123. The van der Waals surface area contributed by atoms with Crippen molar-refractivity contribution in [1.82, 2.24) is 14.9 Å². The number of amides is 1. The zero-order chi connectivity index (χ0) is 14.4. The molecule has 1 aliphatic rings. The summed E-state index contributed by atoms with van der Waals surface area (Å²) in [5, 5.41) is 2.91. The lowest BCUT2D eigenvalue weighted by Crippen LogP contribution is -2.32. The average molecular weight is 341 g/mol. The first-order valence-electron chi connectivity index (χ1n) is 6.40. The quantitative estimate of drug-likeness (QED) is 0.900. The summed E-state index contributed by atoms with van der Waals surface area (Å²) in [6.07, 6.45) is 2.03. The Balaban J connectivity index is 2.02. The van der Waals surface area contributed by atoms with Gasteiger partial charge < -0.3 is 11.1 Å². The van der Waals surface area contributed by atoms with Crippen molar-refractivity contribution >= 4 is 38.8 Å². The molecule has 106 valence electrons. The van der Waals surface area contributed by atoms with Gasteiger partial charge >= 0.3 is 0 Å². The van der Waals surface area contributed by atoms with E-state index in [1.807, 2.05) is 0 Å². The van der Waals surface area contributed by atoms with E-state index in [1.165, 1.54) is 6.07 Å². The van der Waals surface area contributed by atoms with Gasteiger partial charge in [-0.3, -0.25) is 9.36 Å². The summed E-state index contributed by atoms with van der Waals surface area (Å²) in [5.41, 5.74) is 6.95. The molecule has 1 fully saturated rings. The first-order chi connectivity index (χ1) is 9.47. The highest BCUT2D eigenvalue weighted by Gasteiger charge is 2.28. The molecule has 5 nitrogen and oxygen atoms in total. The molecule has 1 amide bonds. The Labute approximate surface area is 123 Å². The fraction of sp³-hybridized carbons (Fsp3) is 0.385. The van der Waals surface area contributed by atoms with Crippen LogP contribution in [-0.4, -0.2) is 21.5 Å². The van der Waals surface area contributed by atoms with E-state index in [2.05, 4.69) is 26.2 Å². The molecule has 0 radical (unpaired) electrons. The van der Waals surface area contributed by atoms with Crippen LogP contribution in [0.15, 0.2) is 16.6 Å². The number of halogens is 2. The minimum absolute atomic E-state index is 0.123. The second-order valence-electron chi connectivity index (χ2n) is 5.05. The zero-order valence-corrected chi connectivity index (χ0v) is 12.4. The van der Waals surface area contributed by atoms with Crippen molar-refractivity contribution in [1.29, 1.82) is 0 Å². The van der Waals surface area contributed by atoms with Crippen LogP contribution in [0.5, 0.6) is 0 Å². The van der Waals surface area contributed by atoms with Crippen LogP contribution >= 0.6 is 15.9 Å². The molecule has 0 spiro atoms. The number of benzene rings is 1. The minimum Gasteiger partial charge on any atom is -0.369 e. The lowest BCUT2D eigenvalue weighted by Gasteiger charge is -2.15. The summed E-state index contributed by atoms with van der Waals surface area (Å²) in [4.78, 5) is 16.3. The van der Waals surface area contributed by atoms with Crippen molar-refractivity contribution in [2.75, 3.05) is 5.73 Å². The highest BCUT2D eigenvalue weighted by molar-refractivity contribution is 9.10. The predicted molar refractivity (Wildman–Crippen MR) is 77.7 cm³/mol. The van der Waals surface area contributed by atoms with Crippen LogP contribution in [0.2, 0.25) is 0 Å². The molecule has 1 atom stereocenters. The molecule has 3 N–H and O–H groups in total. The average Bonchev–Trinajstić information content (AvgIpc) is 3.13. The Morgan fingerprint density at radius 1 is 1.60 bits per heavy atom. The largest absolute Gasteiger partial charge is 0.369 e. The van der Waals surface area contributed by atoms with Gasteiger partial charge in [-0.2, -0.15) is 0 Å². The molecule has 0 saturated heterocycles. The van der Waals surface area contributed by atoms with Gasteiger partial charge in [-0.05, 0) is 41.8 Å². The number of nitrogens with one attached hydrogen (secondary N) is 1. The third-order valence-electron chi connectivity index (χ3n) is 3.45. The van der Waals surface area contributed by atoms with Gasteiger partial charge in [-0.1, -0.05) is 0 Å². The maximum atomic E-state index is 13.7. The van der Waals surface area contributed by atoms with Crippen LogP contribution in [0.25, 0.3) is 11.0 Å². The van der Waals surface area contributed by atoms with Crippen molar-refractivity contribution in [2.45, 2.75) is 31.8 Å². The van der Waals surface area contributed by atoms with Crippen LogP contribution < -0.4 is 11.1 Å². The lowest BCUT2D eigenvalue weighted by atomic mass is 10.2. The van der Waals surface area contributed by atoms with Gasteiger partial charge in [-0.15, -0.1) is 0 Å². The van der Waals surface area contributed by atoms with Crippen LogP contribution in [0, 0.1) is 5.82 Å². The van der Waals surface area contributed by atoms with Crippen molar-refractivity contribution < 1.29 is 9.18 Å². The molecule has 1 saturated carbocycles. The Bertz CT molecular complexity index is 695. The van der Waals surface area contributed by atoms with Crippen molar-refractivity contribution in [2.24, 2.45) is 0 Å². The highest BCUT2D eigenvalue weighted by atomic mass is 79.9. The standard InChI is InChI=1S/C13H14BrFN4O/c1-6(12(20)17-7-2-3-7)19-11-5-9(15)8(14)4-10(11)18-13(19)16/h4-7H,2-3H2,1H3,(H2,16,18)(H,17,20). The number of carbonyl (C=O) groups excluding carboxylic acids is 1. The van der Waals surface area contributed by atoms with E-state index in [1.54, 1.807) is 17.6 Å². The first-order valence-corrected chi connectivity index (χ1v) is 7.19. The molecule has 2 aromatic rings. The molecule has 0 bridgehead atoms. The predicted octanol–water partition coefficient (Wildman–Crippen LogP) is 2.36. The normalized spacial score (nSPS) is 16.4. The molecule has 1 unspecified atom stereocenters. The fourth-order valence-electron chi connectivity index (χ4n) is 2.18. The number of nitrogens with zero attached hydrogens (tertiary/aromatic N) is 2. The highest BCUT2D eigenvalue weighted by Crippen LogP contribution is 2.28. The summed E-state index contributed by atoms with van der Waals surface area (Å²) in [6.45, 7) is 1.73. The molecule has 0 aliphatic heterocycles. The van der Waals surface area contributed by atoms with Gasteiger partial charge in [-0.25, -0.2) is 9.37 Å². The number of anilines is 1. The van der Waals surface area contributed by atoms with E-state index in [-0.39, 0.29) is 17.9 Å². The van der Waals surface area contributed by atoms with E-state index in [4.69, 9.17) is 5.73 Å². The second kappa shape index (κ2) is 4.73. The van der Waals surface area contributed by atoms with Gasteiger partial charge in [0.25, 0.3) is 0 Å². The molecular formula is C13H14BrFN4O. The number of nitrogen functional groups attached to an aromatic ring is 1. The molecule has 1 aromatic heterocycles. The van der Waals surface area contributed by atoms with Crippen LogP contribution in [0.1, 0.15) is 25.8 Å². The second-order valence-corrected chi connectivity index (χ2v) is 5.91. The maximum Gasteiger partial charge on any atom is 0.243 e. The van der Waals surface area contributed by atoms with Crippen molar-refractivity contribution in [3.8, 4) is 0 Å².